The lowest BCUT2D eigenvalue weighted by Gasteiger charge is -2.07. The summed E-state index contributed by atoms with van der Waals surface area (Å²) in [5.74, 6) is -1.98. The molecule has 0 unspecified atom stereocenters. The van der Waals surface area contributed by atoms with Crippen molar-refractivity contribution in [2.75, 3.05) is 11.9 Å². The molecule has 0 radical (unpaired) electrons. The number of esters is 1. The molecule has 7 heteroatoms. The van der Waals surface area contributed by atoms with Gasteiger partial charge in [0.15, 0.2) is 12.3 Å². The van der Waals surface area contributed by atoms with Crippen LogP contribution in [0.3, 0.4) is 0 Å². The van der Waals surface area contributed by atoms with Gasteiger partial charge in [0.05, 0.1) is 17.6 Å². The Labute approximate surface area is 120 Å². The molecule has 1 N–H and O–H groups in total. The average molecular weight is 289 g/mol. The molecule has 1 aromatic heterocycles. The largest absolute Gasteiger partial charge is 0.451 e. The van der Waals surface area contributed by atoms with E-state index in [9.17, 15) is 14.0 Å². The molecule has 0 spiro atoms. The van der Waals surface area contributed by atoms with Gasteiger partial charge in [-0.3, -0.25) is 9.78 Å². The number of hydrogen-bond acceptors (Lipinski definition) is 5. The summed E-state index contributed by atoms with van der Waals surface area (Å²) in [5.41, 5.74) is 0.678. The first-order valence-electron chi connectivity index (χ1n) is 6.06. The van der Waals surface area contributed by atoms with Crippen LogP contribution in [-0.4, -0.2) is 28.5 Å². The highest BCUT2D eigenvalue weighted by Crippen LogP contribution is 2.12. The Hall–Kier alpha value is -2.83. The van der Waals surface area contributed by atoms with E-state index >= 15 is 0 Å². The fraction of sp³-hybridized carbons (Fsp3) is 0.143. The minimum atomic E-state index is -0.772. The van der Waals surface area contributed by atoms with Crippen LogP contribution in [-0.2, 0) is 9.53 Å². The second-order valence-electron chi connectivity index (χ2n) is 4.15. The van der Waals surface area contributed by atoms with E-state index in [1.807, 2.05) is 0 Å². The van der Waals surface area contributed by atoms with Crippen LogP contribution in [0.25, 0.3) is 0 Å². The molecule has 2 aromatic rings. The summed E-state index contributed by atoms with van der Waals surface area (Å²) >= 11 is 0. The van der Waals surface area contributed by atoms with Gasteiger partial charge in [-0.1, -0.05) is 12.1 Å². The van der Waals surface area contributed by atoms with Gasteiger partial charge in [-0.2, -0.15) is 0 Å². The van der Waals surface area contributed by atoms with Crippen molar-refractivity contribution < 1.29 is 18.7 Å². The van der Waals surface area contributed by atoms with E-state index in [1.165, 1.54) is 30.6 Å². The number of hydrogen-bond donors (Lipinski definition) is 1. The predicted octanol–water partition coefficient (Wildman–Crippen LogP) is 1.72. The summed E-state index contributed by atoms with van der Waals surface area (Å²) in [4.78, 5) is 30.9. The number of carbonyl (C=O) groups is 2. The lowest BCUT2D eigenvalue weighted by Crippen LogP contribution is -2.21. The Balaban J connectivity index is 1.88. The second-order valence-corrected chi connectivity index (χ2v) is 4.15. The summed E-state index contributed by atoms with van der Waals surface area (Å²) in [5, 5.41) is 2.30. The molecule has 1 amide bonds. The monoisotopic (exact) mass is 289 g/mol. The molecular weight excluding hydrogens is 277 g/mol. The molecule has 21 heavy (non-hydrogen) atoms. The third-order valence-corrected chi connectivity index (χ3v) is 2.47. The number of aromatic nitrogens is 2. The SMILES string of the molecule is Cc1cnc(C(=O)OCC(=O)Nc2ccccc2F)cn1. The highest BCUT2D eigenvalue weighted by Gasteiger charge is 2.12. The maximum absolute atomic E-state index is 13.3. The Kier molecular flexibility index (Phi) is 4.55. The Bertz CT molecular complexity index is 659. The maximum Gasteiger partial charge on any atom is 0.359 e. The third kappa shape index (κ3) is 4.07. The fourth-order valence-corrected chi connectivity index (χ4v) is 1.45. The Morgan fingerprint density at radius 1 is 1.24 bits per heavy atom. The number of nitrogens with one attached hydrogen (secondary N) is 1. The molecule has 0 aliphatic rings. The van der Waals surface area contributed by atoms with Crippen LogP contribution in [0, 0.1) is 12.7 Å². The van der Waals surface area contributed by atoms with Gasteiger partial charge in [0.25, 0.3) is 5.91 Å². The average Bonchev–Trinajstić information content (AvgIpc) is 2.48. The number of nitrogens with zero attached hydrogens (tertiary/aromatic N) is 2. The number of para-hydroxylation sites is 1. The highest BCUT2D eigenvalue weighted by molar-refractivity contribution is 5.94. The number of benzene rings is 1. The van der Waals surface area contributed by atoms with Crippen molar-refractivity contribution >= 4 is 17.6 Å². The molecule has 0 aliphatic carbocycles. The first kappa shape index (κ1) is 14.6. The van der Waals surface area contributed by atoms with Crippen LogP contribution in [0.2, 0.25) is 0 Å². The molecular formula is C14H12FN3O3. The molecule has 0 atom stereocenters. The van der Waals surface area contributed by atoms with Gasteiger partial charge in [0, 0.05) is 6.20 Å². The van der Waals surface area contributed by atoms with Gasteiger partial charge in [0.1, 0.15) is 5.82 Å². The maximum atomic E-state index is 13.3. The second kappa shape index (κ2) is 6.56. The number of ether oxygens (including phenoxy) is 1. The molecule has 0 saturated heterocycles. The zero-order valence-corrected chi connectivity index (χ0v) is 11.2. The molecule has 0 saturated carbocycles. The third-order valence-electron chi connectivity index (χ3n) is 2.47. The quantitative estimate of drug-likeness (QED) is 0.867. The summed E-state index contributed by atoms with van der Waals surface area (Å²) in [7, 11) is 0. The van der Waals surface area contributed by atoms with E-state index in [0.29, 0.717) is 5.69 Å². The smallest absolute Gasteiger partial charge is 0.359 e. The minimum absolute atomic E-state index is 0.000656. The van der Waals surface area contributed by atoms with Crippen molar-refractivity contribution in [3.05, 3.63) is 53.9 Å². The van der Waals surface area contributed by atoms with Gasteiger partial charge < -0.3 is 10.1 Å². The van der Waals surface area contributed by atoms with Crippen molar-refractivity contribution in [1.82, 2.24) is 9.97 Å². The first-order valence-corrected chi connectivity index (χ1v) is 6.06. The molecule has 1 heterocycles. The molecule has 0 fully saturated rings. The van der Waals surface area contributed by atoms with Crippen LogP contribution in [0.15, 0.2) is 36.7 Å². The van der Waals surface area contributed by atoms with Gasteiger partial charge in [-0.15, -0.1) is 0 Å². The molecule has 0 aliphatic heterocycles. The van der Waals surface area contributed by atoms with E-state index in [-0.39, 0.29) is 11.4 Å². The Morgan fingerprint density at radius 2 is 2.00 bits per heavy atom. The van der Waals surface area contributed by atoms with Crippen LogP contribution in [0.1, 0.15) is 16.2 Å². The van der Waals surface area contributed by atoms with E-state index in [0.717, 1.165) is 0 Å². The van der Waals surface area contributed by atoms with Crippen molar-refractivity contribution in [2.45, 2.75) is 6.92 Å². The molecule has 1 aromatic carbocycles. The first-order chi connectivity index (χ1) is 10.1. The van der Waals surface area contributed by atoms with Gasteiger partial charge >= 0.3 is 5.97 Å². The normalized spacial score (nSPS) is 10.0. The number of carbonyl (C=O) groups excluding carboxylic acids is 2. The Morgan fingerprint density at radius 3 is 2.67 bits per heavy atom. The molecule has 108 valence electrons. The lowest BCUT2D eigenvalue weighted by atomic mass is 10.3. The minimum Gasteiger partial charge on any atom is -0.451 e. The highest BCUT2D eigenvalue weighted by atomic mass is 19.1. The van der Waals surface area contributed by atoms with Gasteiger partial charge in [-0.05, 0) is 19.1 Å². The lowest BCUT2D eigenvalue weighted by molar-refractivity contribution is -0.119. The predicted molar refractivity (Wildman–Crippen MR) is 72.1 cm³/mol. The summed E-state index contributed by atoms with van der Waals surface area (Å²) < 4.78 is 18.1. The van der Waals surface area contributed by atoms with Gasteiger partial charge in [0.2, 0.25) is 0 Å². The number of amides is 1. The summed E-state index contributed by atoms with van der Waals surface area (Å²) in [6.07, 6.45) is 2.67. The van der Waals surface area contributed by atoms with E-state index in [4.69, 9.17) is 4.74 Å². The van der Waals surface area contributed by atoms with Crippen molar-refractivity contribution in [3.8, 4) is 0 Å². The van der Waals surface area contributed by atoms with Crippen LogP contribution in [0.5, 0.6) is 0 Å². The van der Waals surface area contributed by atoms with Crippen molar-refractivity contribution in [1.29, 1.82) is 0 Å². The van der Waals surface area contributed by atoms with E-state index in [1.54, 1.807) is 13.0 Å². The summed E-state index contributed by atoms with van der Waals surface area (Å²) in [6, 6.07) is 5.69. The zero-order chi connectivity index (χ0) is 15.2. The van der Waals surface area contributed by atoms with Crippen LogP contribution < -0.4 is 5.32 Å². The fourth-order valence-electron chi connectivity index (χ4n) is 1.45. The van der Waals surface area contributed by atoms with E-state index < -0.39 is 24.3 Å². The number of aryl methyl sites for hydroxylation is 1. The standard InChI is InChI=1S/C14H12FN3O3/c1-9-6-17-12(7-16-9)14(20)21-8-13(19)18-11-5-3-2-4-10(11)15/h2-7H,8H2,1H3,(H,18,19). The summed E-state index contributed by atoms with van der Waals surface area (Å²) in [6.45, 7) is 1.19. The van der Waals surface area contributed by atoms with Crippen molar-refractivity contribution in [2.24, 2.45) is 0 Å². The van der Waals surface area contributed by atoms with Crippen molar-refractivity contribution in [3.63, 3.8) is 0 Å². The number of halogens is 1. The number of anilines is 1. The van der Waals surface area contributed by atoms with Crippen LogP contribution >= 0.6 is 0 Å². The van der Waals surface area contributed by atoms with Gasteiger partial charge in [-0.25, -0.2) is 14.2 Å². The number of rotatable bonds is 4. The van der Waals surface area contributed by atoms with Crippen LogP contribution in [0.4, 0.5) is 10.1 Å². The topological polar surface area (TPSA) is 81.2 Å². The molecule has 2 rings (SSSR count). The molecule has 6 nitrogen and oxygen atoms in total. The van der Waals surface area contributed by atoms with E-state index in [2.05, 4.69) is 15.3 Å². The zero-order valence-electron chi connectivity index (χ0n) is 11.2. The molecule has 0 bridgehead atoms.